The lowest BCUT2D eigenvalue weighted by Gasteiger charge is -2.40. The average molecular weight is 263 g/mol. The number of benzene rings is 1. The van der Waals surface area contributed by atoms with Crippen molar-refractivity contribution in [3.8, 4) is 0 Å². The minimum absolute atomic E-state index is 0.514. The Morgan fingerprint density at radius 3 is 2.36 bits per heavy atom. The van der Waals surface area contributed by atoms with Crippen LogP contribution in [0.25, 0.3) is 0 Å². The summed E-state index contributed by atoms with van der Waals surface area (Å²) in [5.41, 5.74) is 5.99. The highest BCUT2D eigenvalue weighted by atomic mass is 79.9. The topological polar surface area (TPSA) is 38.0 Å². The largest absolute Gasteiger partial charge is 0.319 e. The Bertz CT molecular complexity index is 377. The third kappa shape index (κ3) is 1.45. The van der Waals surface area contributed by atoms with Gasteiger partial charge in [-0.05, 0) is 17.7 Å². The van der Waals surface area contributed by atoms with Crippen molar-refractivity contribution in [1.29, 1.82) is 0 Å². The molecule has 1 fully saturated rings. The summed E-state index contributed by atoms with van der Waals surface area (Å²) >= 11 is 3.18. The second kappa shape index (κ2) is 3.25. The molecular formula is C9H9BrF2N2. The molecule has 1 heterocycles. The fourth-order valence-corrected chi connectivity index (χ4v) is 2.20. The van der Waals surface area contributed by atoms with Crippen molar-refractivity contribution in [3.05, 3.63) is 33.8 Å². The standard InChI is InChI=1S/C9H9BrF2N2/c10-6-2-8(12)7(11)1-5(6)9(13)3-14-4-9/h1-2,14H,3-4,13H2. The van der Waals surface area contributed by atoms with Gasteiger partial charge in [-0.25, -0.2) is 8.78 Å². The molecule has 3 N–H and O–H groups in total. The summed E-state index contributed by atoms with van der Waals surface area (Å²) in [5, 5.41) is 3.00. The van der Waals surface area contributed by atoms with Crippen LogP contribution in [-0.4, -0.2) is 13.1 Å². The van der Waals surface area contributed by atoms with Gasteiger partial charge in [-0.1, -0.05) is 15.9 Å². The lowest BCUT2D eigenvalue weighted by molar-refractivity contribution is 0.284. The maximum atomic E-state index is 13.0. The van der Waals surface area contributed by atoms with Gasteiger partial charge < -0.3 is 11.1 Å². The molecule has 0 radical (unpaired) electrons. The molecule has 0 amide bonds. The summed E-state index contributed by atoms with van der Waals surface area (Å²) in [5.74, 6) is -1.73. The molecule has 0 aromatic heterocycles. The van der Waals surface area contributed by atoms with Crippen molar-refractivity contribution in [1.82, 2.24) is 5.32 Å². The summed E-state index contributed by atoms with van der Waals surface area (Å²) in [6, 6.07) is 2.26. The number of nitrogens with one attached hydrogen (secondary N) is 1. The van der Waals surface area contributed by atoms with Crippen LogP contribution in [0.1, 0.15) is 5.56 Å². The molecule has 76 valence electrons. The van der Waals surface area contributed by atoms with Gasteiger partial charge >= 0.3 is 0 Å². The first-order chi connectivity index (χ1) is 6.53. The van der Waals surface area contributed by atoms with E-state index < -0.39 is 17.2 Å². The van der Waals surface area contributed by atoms with E-state index in [-0.39, 0.29) is 0 Å². The van der Waals surface area contributed by atoms with Gasteiger partial charge in [-0.15, -0.1) is 0 Å². The number of hydrogen-bond donors (Lipinski definition) is 2. The van der Waals surface area contributed by atoms with Crippen molar-refractivity contribution >= 4 is 15.9 Å². The lowest BCUT2D eigenvalue weighted by atomic mass is 9.85. The van der Waals surface area contributed by atoms with Gasteiger partial charge in [0.25, 0.3) is 0 Å². The van der Waals surface area contributed by atoms with E-state index in [9.17, 15) is 8.78 Å². The highest BCUT2D eigenvalue weighted by Crippen LogP contribution is 2.31. The van der Waals surface area contributed by atoms with Crippen LogP contribution >= 0.6 is 15.9 Å². The summed E-state index contributed by atoms with van der Waals surface area (Å²) in [6.07, 6.45) is 0. The monoisotopic (exact) mass is 262 g/mol. The first-order valence-electron chi connectivity index (χ1n) is 4.17. The zero-order chi connectivity index (χ0) is 10.3. The minimum Gasteiger partial charge on any atom is -0.319 e. The maximum Gasteiger partial charge on any atom is 0.159 e. The molecule has 1 aromatic rings. The van der Waals surface area contributed by atoms with Crippen molar-refractivity contribution in [2.45, 2.75) is 5.54 Å². The van der Waals surface area contributed by atoms with E-state index in [4.69, 9.17) is 5.73 Å². The lowest BCUT2D eigenvalue weighted by Crippen LogP contribution is -2.62. The van der Waals surface area contributed by atoms with E-state index in [0.717, 1.165) is 12.1 Å². The molecule has 0 saturated carbocycles. The van der Waals surface area contributed by atoms with Crippen LogP contribution in [0.4, 0.5) is 8.78 Å². The number of nitrogens with two attached hydrogens (primary N) is 1. The Morgan fingerprint density at radius 2 is 1.86 bits per heavy atom. The second-order valence-electron chi connectivity index (χ2n) is 3.51. The molecule has 1 aliphatic rings. The van der Waals surface area contributed by atoms with Crippen molar-refractivity contribution in [3.63, 3.8) is 0 Å². The Kier molecular flexibility index (Phi) is 2.33. The first-order valence-corrected chi connectivity index (χ1v) is 4.97. The van der Waals surface area contributed by atoms with Crippen LogP contribution < -0.4 is 11.1 Å². The third-order valence-corrected chi connectivity index (χ3v) is 3.08. The predicted octanol–water partition coefficient (Wildman–Crippen LogP) is 1.48. The third-order valence-electron chi connectivity index (χ3n) is 2.43. The van der Waals surface area contributed by atoms with Crippen molar-refractivity contribution in [2.24, 2.45) is 5.73 Å². The van der Waals surface area contributed by atoms with Crippen LogP contribution in [-0.2, 0) is 5.54 Å². The van der Waals surface area contributed by atoms with Crippen molar-refractivity contribution < 1.29 is 8.78 Å². The van der Waals surface area contributed by atoms with E-state index >= 15 is 0 Å². The Morgan fingerprint density at radius 1 is 1.29 bits per heavy atom. The molecule has 14 heavy (non-hydrogen) atoms. The molecular weight excluding hydrogens is 254 g/mol. The van der Waals surface area contributed by atoms with Gasteiger partial charge in [0.15, 0.2) is 11.6 Å². The van der Waals surface area contributed by atoms with Crippen molar-refractivity contribution in [2.75, 3.05) is 13.1 Å². The van der Waals surface area contributed by atoms with Crippen LogP contribution in [0.3, 0.4) is 0 Å². The summed E-state index contributed by atoms with van der Waals surface area (Å²) in [7, 11) is 0. The Balaban J connectivity index is 2.48. The summed E-state index contributed by atoms with van der Waals surface area (Å²) in [6.45, 7) is 1.16. The molecule has 2 nitrogen and oxygen atoms in total. The van der Waals surface area contributed by atoms with E-state index in [1.165, 1.54) is 0 Å². The van der Waals surface area contributed by atoms with Gasteiger partial charge in [-0.2, -0.15) is 0 Å². The fourth-order valence-electron chi connectivity index (χ4n) is 1.49. The predicted molar refractivity (Wildman–Crippen MR) is 52.8 cm³/mol. The summed E-state index contributed by atoms with van der Waals surface area (Å²) < 4.78 is 26.3. The number of hydrogen-bond acceptors (Lipinski definition) is 2. The normalized spacial score (nSPS) is 19.1. The highest BCUT2D eigenvalue weighted by Gasteiger charge is 2.36. The van der Waals surface area contributed by atoms with Crippen LogP contribution in [0.5, 0.6) is 0 Å². The molecule has 1 aromatic carbocycles. The van der Waals surface area contributed by atoms with Crippen LogP contribution in [0.15, 0.2) is 16.6 Å². The van der Waals surface area contributed by atoms with Gasteiger partial charge in [-0.3, -0.25) is 0 Å². The fraction of sp³-hybridized carbons (Fsp3) is 0.333. The Labute approximate surface area is 88.6 Å². The molecule has 0 spiro atoms. The zero-order valence-corrected chi connectivity index (χ0v) is 8.87. The van der Waals surface area contributed by atoms with Gasteiger partial charge in [0.1, 0.15) is 0 Å². The first kappa shape index (κ1) is 10.0. The van der Waals surface area contributed by atoms with E-state index in [1.54, 1.807) is 0 Å². The van der Waals surface area contributed by atoms with Crippen LogP contribution in [0.2, 0.25) is 0 Å². The average Bonchev–Trinajstić information content (AvgIpc) is 2.07. The SMILES string of the molecule is NC1(c2cc(F)c(F)cc2Br)CNC1. The molecule has 0 atom stereocenters. The van der Waals surface area contributed by atoms with Gasteiger partial charge in [0.2, 0.25) is 0 Å². The van der Waals surface area contributed by atoms with E-state index in [1.807, 2.05) is 0 Å². The molecule has 5 heteroatoms. The van der Waals surface area contributed by atoms with E-state index in [0.29, 0.717) is 23.1 Å². The molecule has 0 aliphatic carbocycles. The van der Waals surface area contributed by atoms with Gasteiger partial charge in [0.05, 0.1) is 5.54 Å². The highest BCUT2D eigenvalue weighted by molar-refractivity contribution is 9.10. The molecule has 1 aliphatic heterocycles. The Hall–Kier alpha value is -0.520. The van der Waals surface area contributed by atoms with Crippen LogP contribution in [0, 0.1) is 11.6 Å². The summed E-state index contributed by atoms with van der Waals surface area (Å²) in [4.78, 5) is 0. The number of halogens is 3. The smallest absolute Gasteiger partial charge is 0.159 e. The zero-order valence-electron chi connectivity index (χ0n) is 7.28. The number of rotatable bonds is 1. The van der Waals surface area contributed by atoms with Gasteiger partial charge in [0, 0.05) is 17.6 Å². The second-order valence-corrected chi connectivity index (χ2v) is 4.36. The molecule has 1 saturated heterocycles. The quantitative estimate of drug-likeness (QED) is 0.753. The molecule has 2 rings (SSSR count). The molecule has 0 unspecified atom stereocenters. The minimum atomic E-state index is -0.864. The maximum absolute atomic E-state index is 13.0. The van der Waals surface area contributed by atoms with E-state index in [2.05, 4.69) is 21.2 Å². The molecule has 0 bridgehead atoms.